The lowest BCUT2D eigenvalue weighted by molar-refractivity contribution is 0.121. The molecule has 0 radical (unpaired) electrons. The zero-order valence-corrected chi connectivity index (χ0v) is 11.1. The van der Waals surface area contributed by atoms with Crippen LogP contribution in [0.25, 0.3) is 0 Å². The molecule has 3 fully saturated rings. The summed E-state index contributed by atoms with van der Waals surface area (Å²) in [5.41, 5.74) is 6.04. The van der Waals surface area contributed by atoms with Crippen LogP contribution < -0.4 is 5.73 Å². The number of nitrogens with zero attached hydrogens (tertiary/aromatic N) is 1. The average molecular weight is 236 g/mol. The van der Waals surface area contributed by atoms with Crippen molar-refractivity contribution in [3.05, 3.63) is 0 Å². The van der Waals surface area contributed by atoms with Crippen molar-refractivity contribution in [3.63, 3.8) is 0 Å². The van der Waals surface area contributed by atoms with E-state index in [1.165, 1.54) is 64.3 Å². The second-order valence-corrected chi connectivity index (χ2v) is 6.57. The molecule has 17 heavy (non-hydrogen) atoms. The fourth-order valence-corrected chi connectivity index (χ4v) is 3.64. The number of rotatable bonds is 5. The highest BCUT2D eigenvalue weighted by atomic mass is 15.2. The molecule has 3 aliphatic carbocycles. The average Bonchev–Trinajstić information content (AvgIpc) is 3.21. The molecule has 2 unspecified atom stereocenters. The molecular weight excluding hydrogens is 208 g/mol. The zero-order valence-electron chi connectivity index (χ0n) is 11.1. The lowest BCUT2D eigenvalue weighted by Crippen LogP contribution is -2.45. The molecule has 0 saturated heterocycles. The molecule has 0 aromatic carbocycles. The van der Waals surface area contributed by atoms with Gasteiger partial charge in [-0.05, 0) is 56.9 Å². The maximum absolute atomic E-state index is 6.04. The Balaban J connectivity index is 1.66. The molecule has 0 aromatic heterocycles. The topological polar surface area (TPSA) is 29.3 Å². The maximum Gasteiger partial charge on any atom is 0.0139 e. The summed E-state index contributed by atoms with van der Waals surface area (Å²) in [4.78, 5) is 2.89. The molecule has 0 aromatic rings. The normalized spacial score (nSPS) is 34.9. The summed E-state index contributed by atoms with van der Waals surface area (Å²) < 4.78 is 0. The minimum absolute atomic E-state index is 0.789. The minimum atomic E-state index is 0.789. The van der Waals surface area contributed by atoms with E-state index in [9.17, 15) is 0 Å². The summed E-state index contributed by atoms with van der Waals surface area (Å²) in [6, 6.07) is 1.77. The van der Waals surface area contributed by atoms with Crippen molar-refractivity contribution in [2.75, 3.05) is 13.1 Å². The molecule has 0 bridgehead atoms. The fourth-order valence-electron chi connectivity index (χ4n) is 3.64. The number of hydrogen-bond acceptors (Lipinski definition) is 2. The molecule has 2 nitrogen and oxygen atoms in total. The third kappa shape index (κ3) is 3.03. The van der Waals surface area contributed by atoms with Gasteiger partial charge in [0.05, 0.1) is 0 Å². The van der Waals surface area contributed by atoms with Gasteiger partial charge in [-0.1, -0.05) is 19.3 Å². The van der Waals surface area contributed by atoms with Crippen LogP contribution in [0.3, 0.4) is 0 Å². The van der Waals surface area contributed by atoms with Gasteiger partial charge in [0.2, 0.25) is 0 Å². The Morgan fingerprint density at radius 1 is 0.882 bits per heavy atom. The molecule has 0 spiro atoms. The van der Waals surface area contributed by atoms with Crippen molar-refractivity contribution in [1.29, 1.82) is 0 Å². The molecule has 0 heterocycles. The van der Waals surface area contributed by atoms with E-state index < -0.39 is 0 Å². The van der Waals surface area contributed by atoms with E-state index in [1.54, 1.807) is 0 Å². The van der Waals surface area contributed by atoms with E-state index >= 15 is 0 Å². The first-order valence-electron chi connectivity index (χ1n) is 7.84. The van der Waals surface area contributed by atoms with Crippen LogP contribution in [-0.4, -0.2) is 30.1 Å². The van der Waals surface area contributed by atoms with Gasteiger partial charge in [-0.2, -0.15) is 0 Å². The van der Waals surface area contributed by atoms with Crippen LogP contribution in [0.15, 0.2) is 0 Å². The van der Waals surface area contributed by atoms with Gasteiger partial charge >= 0.3 is 0 Å². The lowest BCUT2D eigenvalue weighted by atomic mass is 9.93. The van der Waals surface area contributed by atoms with Crippen LogP contribution in [0.4, 0.5) is 0 Å². The van der Waals surface area contributed by atoms with Crippen molar-refractivity contribution in [2.45, 2.75) is 69.9 Å². The van der Waals surface area contributed by atoms with Gasteiger partial charge in [0.25, 0.3) is 0 Å². The Bertz CT molecular complexity index is 245. The highest BCUT2D eigenvalue weighted by Gasteiger charge is 2.39. The molecule has 3 aliphatic rings. The number of nitrogens with two attached hydrogens (primary N) is 1. The number of hydrogen-bond donors (Lipinski definition) is 1. The van der Waals surface area contributed by atoms with Gasteiger partial charge in [-0.3, -0.25) is 4.90 Å². The van der Waals surface area contributed by atoms with Crippen molar-refractivity contribution in [1.82, 2.24) is 4.90 Å². The fraction of sp³-hybridized carbons (Fsp3) is 1.00. The first-order valence-corrected chi connectivity index (χ1v) is 7.84. The maximum atomic E-state index is 6.04. The molecule has 2 atom stereocenters. The van der Waals surface area contributed by atoms with Gasteiger partial charge in [0.1, 0.15) is 0 Å². The molecule has 3 saturated carbocycles. The Morgan fingerprint density at radius 2 is 1.65 bits per heavy atom. The third-order valence-electron chi connectivity index (χ3n) is 5.03. The van der Waals surface area contributed by atoms with Crippen molar-refractivity contribution in [3.8, 4) is 0 Å². The smallest absolute Gasteiger partial charge is 0.0139 e. The summed E-state index contributed by atoms with van der Waals surface area (Å²) in [5.74, 6) is 1.83. The molecule has 98 valence electrons. The van der Waals surface area contributed by atoms with Gasteiger partial charge in [-0.15, -0.1) is 0 Å². The van der Waals surface area contributed by atoms with Crippen LogP contribution in [0, 0.1) is 11.8 Å². The molecule has 2 N–H and O–H groups in total. The Labute approximate surface area is 106 Å². The second kappa shape index (κ2) is 5.27. The first-order chi connectivity index (χ1) is 8.38. The van der Waals surface area contributed by atoms with Crippen LogP contribution in [-0.2, 0) is 0 Å². The molecule has 0 amide bonds. The standard InChI is InChI=1S/C15H28N2/c16-10-13-4-2-1-3-5-15(13)17(14-8-9-14)11-12-6-7-12/h12-15H,1-11,16H2. The van der Waals surface area contributed by atoms with E-state index in [2.05, 4.69) is 4.90 Å². The predicted octanol–water partition coefficient (Wildman–Crippen LogP) is 2.77. The van der Waals surface area contributed by atoms with Crippen LogP contribution in [0.1, 0.15) is 57.8 Å². The Hall–Kier alpha value is -0.0800. The first kappa shape index (κ1) is 12.0. The summed E-state index contributed by atoms with van der Waals surface area (Å²) >= 11 is 0. The van der Waals surface area contributed by atoms with Gasteiger partial charge in [0.15, 0.2) is 0 Å². The summed E-state index contributed by atoms with van der Waals surface area (Å²) in [5, 5.41) is 0. The minimum Gasteiger partial charge on any atom is -0.330 e. The van der Waals surface area contributed by atoms with Crippen molar-refractivity contribution >= 4 is 0 Å². The van der Waals surface area contributed by atoms with Gasteiger partial charge in [0, 0.05) is 18.6 Å². The van der Waals surface area contributed by atoms with E-state index in [1.807, 2.05) is 0 Å². The van der Waals surface area contributed by atoms with E-state index in [0.29, 0.717) is 0 Å². The Kier molecular flexibility index (Phi) is 3.72. The molecule has 2 heteroatoms. The monoisotopic (exact) mass is 236 g/mol. The van der Waals surface area contributed by atoms with Gasteiger partial charge < -0.3 is 5.73 Å². The Morgan fingerprint density at radius 3 is 2.29 bits per heavy atom. The van der Waals surface area contributed by atoms with Crippen LogP contribution in [0.5, 0.6) is 0 Å². The molecule has 0 aliphatic heterocycles. The molecular formula is C15H28N2. The van der Waals surface area contributed by atoms with Crippen molar-refractivity contribution in [2.24, 2.45) is 17.6 Å². The summed E-state index contributed by atoms with van der Waals surface area (Å²) in [7, 11) is 0. The predicted molar refractivity (Wildman–Crippen MR) is 71.9 cm³/mol. The molecule has 3 rings (SSSR count). The van der Waals surface area contributed by atoms with E-state index in [-0.39, 0.29) is 0 Å². The highest BCUT2D eigenvalue weighted by molar-refractivity contribution is 4.94. The second-order valence-electron chi connectivity index (χ2n) is 6.57. The largest absolute Gasteiger partial charge is 0.330 e. The lowest BCUT2D eigenvalue weighted by Gasteiger charge is -2.36. The summed E-state index contributed by atoms with van der Waals surface area (Å²) in [6.07, 6.45) is 13.0. The quantitative estimate of drug-likeness (QED) is 0.744. The van der Waals surface area contributed by atoms with E-state index in [4.69, 9.17) is 5.73 Å². The third-order valence-corrected chi connectivity index (χ3v) is 5.03. The van der Waals surface area contributed by atoms with Gasteiger partial charge in [-0.25, -0.2) is 0 Å². The SMILES string of the molecule is NCC1CCCCCC1N(CC1CC1)C1CC1. The van der Waals surface area contributed by atoms with Crippen LogP contribution >= 0.6 is 0 Å². The van der Waals surface area contributed by atoms with E-state index in [0.717, 1.165) is 30.5 Å². The highest BCUT2D eigenvalue weighted by Crippen LogP contribution is 2.39. The summed E-state index contributed by atoms with van der Waals surface area (Å²) in [6.45, 7) is 2.31. The zero-order chi connectivity index (χ0) is 11.7. The van der Waals surface area contributed by atoms with Crippen LogP contribution in [0.2, 0.25) is 0 Å². The van der Waals surface area contributed by atoms with Crippen molar-refractivity contribution < 1.29 is 0 Å².